The Labute approximate surface area is 127 Å². The van der Waals surface area contributed by atoms with E-state index in [1.165, 1.54) is 0 Å². The molecule has 2 unspecified atom stereocenters. The van der Waals surface area contributed by atoms with Crippen LogP contribution >= 0.6 is 0 Å². The third-order valence-electron chi connectivity index (χ3n) is 3.72. The molecule has 1 saturated heterocycles. The van der Waals surface area contributed by atoms with Gasteiger partial charge in [0.1, 0.15) is 0 Å². The number of benzene rings is 1. The van der Waals surface area contributed by atoms with E-state index in [1.54, 1.807) is 0 Å². The van der Waals surface area contributed by atoms with Gasteiger partial charge in [-0.15, -0.1) is 0 Å². The predicted octanol–water partition coefficient (Wildman–Crippen LogP) is 2.06. The first-order valence-corrected chi connectivity index (χ1v) is 7.91. The van der Waals surface area contributed by atoms with Gasteiger partial charge in [0.15, 0.2) is 0 Å². The third-order valence-corrected chi connectivity index (χ3v) is 3.72. The fourth-order valence-electron chi connectivity index (χ4n) is 2.68. The summed E-state index contributed by atoms with van der Waals surface area (Å²) in [6, 6.07) is 10.0. The fourth-order valence-corrected chi connectivity index (χ4v) is 2.68. The van der Waals surface area contributed by atoms with Crippen molar-refractivity contribution in [2.45, 2.75) is 38.6 Å². The number of morpholine rings is 1. The van der Waals surface area contributed by atoms with E-state index in [1.807, 2.05) is 30.3 Å². The van der Waals surface area contributed by atoms with Gasteiger partial charge < -0.3 is 14.6 Å². The van der Waals surface area contributed by atoms with E-state index in [2.05, 4.69) is 11.8 Å². The summed E-state index contributed by atoms with van der Waals surface area (Å²) in [5, 5.41) is 10.1. The standard InChI is InChI=1S/C17H27NO3/c1-2-6-17-12-18(9-10-21-17)11-16(19)14-20-13-15-7-4-3-5-8-15/h3-5,7-8,16-17,19H,2,6,9-14H2,1H3. The normalized spacial score (nSPS) is 21.3. The molecule has 4 nitrogen and oxygen atoms in total. The van der Waals surface area contributed by atoms with Crippen LogP contribution in [-0.4, -0.2) is 55.1 Å². The summed E-state index contributed by atoms with van der Waals surface area (Å²) >= 11 is 0. The van der Waals surface area contributed by atoms with Crippen molar-refractivity contribution in [3.05, 3.63) is 35.9 Å². The molecule has 1 heterocycles. The minimum atomic E-state index is -0.436. The number of aliphatic hydroxyl groups excluding tert-OH is 1. The smallest absolute Gasteiger partial charge is 0.0900 e. The number of β-amino-alcohol motifs (C(OH)–C–C–N with tert-alkyl or cyclic N) is 1. The molecule has 0 aromatic heterocycles. The molecule has 0 amide bonds. The van der Waals surface area contributed by atoms with Crippen molar-refractivity contribution in [1.82, 2.24) is 4.90 Å². The van der Waals surface area contributed by atoms with E-state index in [9.17, 15) is 5.11 Å². The molecule has 1 aliphatic rings. The van der Waals surface area contributed by atoms with E-state index in [0.717, 1.165) is 38.1 Å². The molecule has 118 valence electrons. The highest BCUT2D eigenvalue weighted by atomic mass is 16.5. The number of hydrogen-bond acceptors (Lipinski definition) is 4. The SMILES string of the molecule is CCCC1CN(CC(O)COCc2ccccc2)CCO1. The molecular weight excluding hydrogens is 266 g/mol. The van der Waals surface area contributed by atoms with Crippen molar-refractivity contribution >= 4 is 0 Å². The Balaban J connectivity index is 1.63. The lowest BCUT2D eigenvalue weighted by atomic mass is 10.1. The minimum absolute atomic E-state index is 0.321. The van der Waals surface area contributed by atoms with E-state index in [-0.39, 0.29) is 0 Å². The fraction of sp³-hybridized carbons (Fsp3) is 0.647. The van der Waals surface area contributed by atoms with Crippen LogP contribution in [0.4, 0.5) is 0 Å². The van der Waals surface area contributed by atoms with Crippen LogP contribution in [0.15, 0.2) is 30.3 Å². The van der Waals surface area contributed by atoms with E-state index in [0.29, 0.717) is 25.9 Å². The lowest BCUT2D eigenvalue weighted by molar-refractivity contribution is -0.0547. The molecular formula is C17H27NO3. The van der Waals surface area contributed by atoms with Crippen molar-refractivity contribution in [1.29, 1.82) is 0 Å². The average molecular weight is 293 g/mol. The summed E-state index contributed by atoms with van der Waals surface area (Å²) in [6.07, 6.45) is 2.12. The van der Waals surface area contributed by atoms with Gasteiger partial charge in [-0.1, -0.05) is 43.7 Å². The van der Waals surface area contributed by atoms with Gasteiger partial charge in [0, 0.05) is 19.6 Å². The topological polar surface area (TPSA) is 41.9 Å². The number of nitrogens with zero attached hydrogens (tertiary/aromatic N) is 1. The lowest BCUT2D eigenvalue weighted by Gasteiger charge is -2.33. The largest absolute Gasteiger partial charge is 0.389 e. The van der Waals surface area contributed by atoms with Crippen molar-refractivity contribution in [2.24, 2.45) is 0 Å². The summed E-state index contributed by atoms with van der Waals surface area (Å²) in [5.41, 5.74) is 1.14. The molecule has 21 heavy (non-hydrogen) atoms. The zero-order chi connectivity index (χ0) is 14.9. The van der Waals surface area contributed by atoms with Crippen molar-refractivity contribution in [3.63, 3.8) is 0 Å². The Kier molecular flexibility index (Phi) is 7.16. The molecule has 4 heteroatoms. The second-order valence-corrected chi connectivity index (χ2v) is 5.70. The molecule has 1 aromatic carbocycles. The van der Waals surface area contributed by atoms with Gasteiger partial charge in [-0.2, -0.15) is 0 Å². The maximum absolute atomic E-state index is 10.1. The van der Waals surface area contributed by atoms with Gasteiger partial charge in [-0.05, 0) is 12.0 Å². The van der Waals surface area contributed by atoms with E-state index in [4.69, 9.17) is 9.47 Å². The molecule has 2 rings (SSSR count). The summed E-state index contributed by atoms with van der Waals surface area (Å²) in [7, 11) is 0. The van der Waals surface area contributed by atoms with Gasteiger partial charge in [-0.25, -0.2) is 0 Å². The molecule has 0 spiro atoms. The Morgan fingerprint density at radius 2 is 2.19 bits per heavy atom. The van der Waals surface area contributed by atoms with Crippen LogP contribution in [0.5, 0.6) is 0 Å². The molecule has 0 radical (unpaired) electrons. The second-order valence-electron chi connectivity index (χ2n) is 5.70. The molecule has 1 aromatic rings. The predicted molar refractivity (Wildman–Crippen MR) is 83.2 cm³/mol. The number of rotatable bonds is 8. The zero-order valence-electron chi connectivity index (χ0n) is 12.9. The highest BCUT2D eigenvalue weighted by Gasteiger charge is 2.21. The molecule has 0 saturated carbocycles. The van der Waals surface area contributed by atoms with Crippen LogP contribution in [0.2, 0.25) is 0 Å². The molecule has 2 atom stereocenters. The van der Waals surface area contributed by atoms with Crippen molar-refractivity contribution in [2.75, 3.05) is 32.8 Å². The summed E-state index contributed by atoms with van der Waals surface area (Å²) < 4.78 is 11.3. The van der Waals surface area contributed by atoms with Crippen LogP contribution < -0.4 is 0 Å². The van der Waals surface area contributed by atoms with E-state index >= 15 is 0 Å². The Morgan fingerprint density at radius 3 is 2.95 bits per heavy atom. The third kappa shape index (κ3) is 6.14. The number of hydrogen-bond donors (Lipinski definition) is 1. The van der Waals surface area contributed by atoms with Gasteiger partial charge in [-0.3, -0.25) is 4.90 Å². The number of aliphatic hydroxyl groups is 1. The van der Waals surface area contributed by atoms with Gasteiger partial charge in [0.05, 0.1) is 32.0 Å². The highest BCUT2D eigenvalue weighted by molar-refractivity contribution is 5.13. The summed E-state index contributed by atoms with van der Waals surface area (Å²) in [6.45, 7) is 6.36. The van der Waals surface area contributed by atoms with Gasteiger partial charge in [0.2, 0.25) is 0 Å². The van der Waals surface area contributed by atoms with Crippen molar-refractivity contribution < 1.29 is 14.6 Å². The highest BCUT2D eigenvalue weighted by Crippen LogP contribution is 2.11. The first-order chi connectivity index (χ1) is 10.3. The first-order valence-electron chi connectivity index (χ1n) is 7.91. The lowest BCUT2D eigenvalue weighted by Crippen LogP contribution is -2.46. The Morgan fingerprint density at radius 1 is 1.38 bits per heavy atom. The minimum Gasteiger partial charge on any atom is -0.389 e. The Hall–Kier alpha value is -0.940. The summed E-state index contributed by atoms with van der Waals surface area (Å²) in [5.74, 6) is 0. The molecule has 0 bridgehead atoms. The maximum Gasteiger partial charge on any atom is 0.0900 e. The molecule has 1 fully saturated rings. The van der Waals surface area contributed by atoms with Crippen LogP contribution in [0.25, 0.3) is 0 Å². The average Bonchev–Trinajstić information content (AvgIpc) is 2.49. The zero-order valence-corrected chi connectivity index (χ0v) is 12.9. The van der Waals surface area contributed by atoms with Crippen LogP contribution in [0.1, 0.15) is 25.3 Å². The van der Waals surface area contributed by atoms with Gasteiger partial charge >= 0.3 is 0 Å². The van der Waals surface area contributed by atoms with Crippen LogP contribution in [-0.2, 0) is 16.1 Å². The van der Waals surface area contributed by atoms with Gasteiger partial charge in [0.25, 0.3) is 0 Å². The van der Waals surface area contributed by atoms with Crippen molar-refractivity contribution in [3.8, 4) is 0 Å². The second kappa shape index (κ2) is 9.15. The molecule has 1 N–H and O–H groups in total. The molecule has 1 aliphatic heterocycles. The number of ether oxygens (including phenoxy) is 2. The monoisotopic (exact) mass is 293 g/mol. The first kappa shape index (κ1) is 16.4. The van der Waals surface area contributed by atoms with Crippen LogP contribution in [0, 0.1) is 0 Å². The molecule has 0 aliphatic carbocycles. The maximum atomic E-state index is 10.1. The Bertz CT molecular complexity index is 383. The van der Waals surface area contributed by atoms with Crippen LogP contribution in [0.3, 0.4) is 0 Å². The quantitative estimate of drug-likeness (QED) is 0.797. The summed E-state index contributed by atoms with van der Waals surface area (Å²) in [4.78, 5) is 2.28. The van der Waals surface area contributed by atoms with E-state index < -0.39 is 6.10 Å².